The van der Waals surface area contributed by atoms with Crippen molar-refractivity contribution in [1.82, 2.24) is 5.32 Å². The van der Waals surface area contributed by atoms with Gasteiger partial charge in [-0.3, -0.25) is 0 Å². The van der Waals surface area contributed by atoms with Crippen LogP contribution < -0.4 is 15.4 Å². The molecular formula is C15H22N2O3. The zero-order valence-corrected chi connectivity index (χ0v) is 12.0. The van der Waals surface area contributed by atoms with Gasteiger partial charge in [-0.25, -0.2) is 4.79 Å². The predicted molar refractivity (Wildman–Crippen MR) is 78.2 cm³/mol. The van der Waals surface area contributed by atoms with Crippen LogP contribution in [0.5, 0.6) is 5.75 Å². The van der Waals surface area contributed by atoms with Crippen molar-refractivity contribution in [3.8, 4) is 5.75 Å². The molecule has 20 heavy (non-hydrogen) atoms. The average Bonchev–Trinajstić information content (AvgIpc) is 2.50. The molecule has 0 aliphatic heterocycles. The molecular weight excluding hydrogens is 256 g/mol. The Labute approximate surface area is 119 Å². The summed E-state index contributed by atoms with van der Waals surface area (Å²) in [6.07, 6.45) is 3.96. The molecule has 0 radical (unpaired) electrons. The number of hydrogen-bond acceptors (Lipinski definition) is 4. The normalized spacial score (nSPS) is 21.9. The second kappa shape index (κ2) is 7.03. The standard InChI is InChI=1S/C15H22N2O3/c1-19-12-9-7-11(8-10-12)16-13-5-3-4-6-14(13)17-15(18)20-2/h7-10,13-14,16H,3-6H2,1-2H3,(H,17,18)/t13-,14-/m1/s1. The number of rotatable bonds is 4. The van der Waals surface area contributed by atoms with Crippen LogP contribution in [0.1, 0.15) is 25.7 Å². The van der Waals surface area contributed by atoms with Crippen LogP contribution in [-0.4, -0.2) is 32.4 Å². The minimum Gasteiger partial charge on any atom is -0.497 e. The van der Waals surface area contributed by atoms with Crippen LogP contribution in [0.3, 0.4) is 0 Å². The second-order valence-electron chi connectivity index (χ2n) is 5.01. The highest BCUT2D eigenvalue weighted by Gasteiger charge is 2.26. The number of anilines is 1. The highest BCUT2D eigenvalue weighted by atomic mass is 16.5. The first-order valence-electron chi connectivity index (χ1n) is 6.98. The lowest BCUT2D eigenvalue weighted by molar-refractivity contribution is 0.162. The molecule has 1 aromatic carbocycles. The molecule has 1 amide bonds. The van der Waals surface area contributed by atoms with Crippen molar-refractivity contribution in [2.45, 2.75) is 37.8 Å². The van der Waals surface area contributed by atoms with E-state index in [0.29, 0.717) is 0 Å². The lowest BCUT2D eigenvalue weighted by Gasteiger charge is -2.33. The first-order valence-corrected chi connectivity index (χ1v) is 6.98. The zero-order valence-electron chi connectivity index (χ0n) is 12.0. The van der Waals surface area contributed by atoms with Gasteiger partial charge in [0.2, 0.25) is 0 Å². The van der Waals surface area contributed by atoms with E-state index in [2.05, 4.69) is 15.4 Å². The van der Waals surface area contributed by atoms with Gasteiger partial charge in [0.05, 0.1) is 20.3 Å². The summed E-state index contributed by atoms with van der Waals surface area (Å²) in [5.41, 5.74) is 1.04. The van der Waals surface area contributed by atoms with E-state index in [1.807, 2.05) is 24.3 Å². The monoisotopic (exact) mass is 278 g/mol. The Morgan fingerprint density at radius 3 is 2.35 bits per heavy atom. The SMILES string of the molecule is COC(=O)N[C@@H]1CCCC[C@H]1Nc1ccc(OC)cc1. The van der Waals surface area contributed by atoms with Crippen molar-refractivity contribution >= 4 is 11.8 Å². The van der Waals surface area contributed by atoms with Gasteiger partial charge in [0.25, 0.3) is 0 Å². The van der Waals surface area contributed by atoms with Gasteiger partial charge in [-0.15, -0.1) is 0 Å². The largest absolute Gasteiger partial charge is 0.497 e. The van der Waals surface area contributed by atoms with Crippen LogP contribution in [-0.2, 0) is 4.74 Å². The Morgan fingerprint density at radius 2 is 1.75 bits per heavy atom. The van der Waals surface area contributed by atoms with E-state index < -0.39 is 0 Å². The van der Waals surface area contributed by atoms with Gasteiger partial charge in [0, 0.05) is 11.7 Å². The second-order valence-corrected chi connectivity index (χ2v) is 5.01. The average molecular weight is 278 g/mol. The summed E-state index contributed by atoms with van der Waals surface area (Å²) < 4.78 is 9.83. The summed E-state index contributed by atoms with van der Waals surface area (Å²) in [4.78, 5) is 11.4. The number of carbonyl (C=O) groups is 1. The van der Waals surface area contributed by atoms with Crippen LogP contribution in [0.25, 0.3) is 0 Å². The number of ether oxygens (including phenoxy) is 2. The molecule has 0 bridgehead atoms. The topological polar surface area (TPSA) is 59.6 Å². The van der Waals surface area contributed by atoms with Crippen LogP contribution in [0.15, 0.2) is 24.3 Å². The molecule has 0 heterocycles. The molecule has 0 aromatic heterocycles. The number of hydrogen-bond donors (Lipinski definition) is 2. The highest BCUT2D eigenvalue weighted by molar-refractivity contribution is 5.67. The Kier molecular flexibility index (Phi) is 5.09. The van der Waals surface area contributed by atoms with Crippen molar-refractivity contribution in [3.05, 3.63) is 24.3 Å². The first kappa shape index (κ1) is 14.5. The maximum Gasteiger partial charge on any atom is 0.407 e. The molecule has 0 saturated heterocycles. The summed E-state index contributed by atoms with van der Waals surface area (Å²) >= 11 is 0. The van der Waals surface area contributed by atoms with Gasteiger partial charge in [-0.2, -0.15) is 0 Å². The van der Waals surface area contributed by atoms with Crippen molar-refractivity contribution in [3.63, 3.8) is 0 Å². The minimum atomic E-state index is -0.363. The lowest BCUT2D eigenvalue weighted by Crippen LogP contribution is -2.48. The number of alkyl carbamates (subject to hydrolysis) is 1. The molecule has 5 nitrogen and oxygen atoms in total. The van der Waals surface area contributed by atoms with Crippen LogP contribution in [0.4, 0.5) is 10.5 Å². The molecule has 1 aliphatic carbocycles. The Hall–Kier alpha value is -1.91. The quantitative estimate of drug-likeness (QED) is 0.889. The van der Waals surface area contributed by atoms with Crippen molar-refractivity contribution in [2.24, 2.45) is 0 Å². The Morgan fingerprint density at radius 1 is 1.10 bits per heavy atom. The van der Waals surface area contributed by atoms with E-state index in [-0.39, 0.29) is 18.2 Å². The minimum absolute atomic E-state index is 0.110. The molecule has 1 aromatic rings. The first-order chi connectivity index (χ1) is 9.72. The third-order valence-corrected chi connectivity index (χ3v) is 3.70. The lowest BCUT2D eigenvalue weighted by atomic mass is 9.90. The molecule has 1 aliphatic rings. The third-order valence-electron chi connectivity index (χ3n) is 3.70. The van der Waals surface area contributed by atoms with Crippen molar-refractivity contribution in [2.75, 3.05) is 19.5 Å². The highest BCUT2D eigenvalue weighted by Crippen LogP contribution is 2.23. The van der Waals surface area contributed by atoms with Gasteiger partial charge < -0.3 is 20.1 Å². The van der Waals surface area contributed by atoms with E-state index >= 15 is 0 Å². The van der Waals surface area contributed by atoms with E-state index in [1.165, 1.54) is 13.5 Å². The van der Waals surface area contributed by atoms with Crippen LogP contribution >= 0.6 is 0 Å². The van der Waals surface area contributed by atoms with Gasteiger partial charge in [-0.05, 0) is 37.1 Å². The number of nitrogens with one attached hydrogen (secondary N) is 2. The molecule has 0 spiro atoms. The fraction of sp³-hybridized carbons (Fsp3) is 0.533. The molecule has 1 fully saturated rings. The summed E-state index contributed by atoms with van der Waals surface area (Å²) in [7, 11) is 3.05. The molecule has 1 saturated carbocycles. The molecule has 110 valence electrons. The fourth-order valence-electron chi connectivity index (χ4n) is 2.59. The molecule has 0 unspecified atom stereocenters. The summed E-state index contributed by atoms with van der Waals surface area (Å²) in [5.74, 6) is 0.837. The zero-order chi connectivity index (χ0) is 14.4. The number of amides is 1. The van der Waals surface area contributed by atoms with E-state index in [4.69, 9.17) is 4.74 Å². The van der Waals surface area contributed by atoms with Crippen molar-refractivity contribution < 1.29 is 14.3 Å². The summed E-state index contributed by atoms with van der Waals surface area (Å²) in [5, 5.41) is 6.40. The van der Waals surface area contributed by atoms with Gasteiger partial charge >= 0.3 is 6.09 Å². The molecule has 2 N–H and O–H groups in total. The molecule has 5 heteroatoms. The number of benzene rings is 1. The molecule has 2 rings (SSSR count). The van der Waals surface area contributed by atoms with Gasteiger partial charge in [0.15, 0.2) is 0 Å². The van der Waals surface area contributed by atoms with E-state index in [9.17, 15) is 4.79 Å². The Balaban J connectivity index is 1.98. The van der Waals surface area contributed by atoms with Gasteiger partial charge in [0.1, 0.15) is 5.75 Å². The summed E-state index contributed by atoms with van der Waals surface area (Å²) in [6, 6.07) is 8.17. The van der Waals surface area contributed by atoms with Crippen LogP contribution in [0, 0.1) is 0 Å². The maximum absolute atomic E-state index is 11.4. The van der Waals surface area contributed by atoms with E-state index in [0.717, 1.165) is 30.7 Å². The predicted octanol–water partition coefficient (Wildman–Crippen LogP) is 2.77. The van der Waals surface area contributed by atoms with E-state index in [1.54, 1.807) is 7.11 Å². The molecule has 2 atom stereocenters. The summed E-state index contributed by atoms with van der Waals surface area (Å²) in [6.45, 7) is 0. The smallest absolute Gasteiger partial charge is 0.407 e. The number of methoxy groups -OCH3 is 2. The third kappa shape index (κ3) is 3.79. The Bertz CT molecular complexity index is 433. The maximum atomic E-state index is 11.4. The van der Waals surface area contributed by atoms with Crippen LogP contribution in [0.2, 0.25) is 0 Å². The number of carbonyl (C=O) groups excluding carboxylic acids is 1. The fourth-order valence-corrected chi connectivity index (χ4v) is 2.59. The van der Waals surface area contributed by atoms with Crippen molar-refractivity contribution in [1.29, 1.82) is 0 Å². The van der Waals surface area contributed by atoms with Gasteiger partial charge in [-0.1, -0.05) is 12.8 Å².